The van der Waals surface area contributed by atoms with Crippen LogP contribution in [0.1, 0.15) is 37.1 Å². The van der Waals surface area contributed by atoms with E-state index in [0.717, 1.165) is 36.7 Å². The highest BCUT2D eigenvalue weighted by Crippen LogP contribution is 2.39. The fraction of sp³-hybridized carbons (Fsp3) is 0.529. The van der Waals surface area contributed by atoms with Gasteiger partial charge in [-0.15, -0.1) is 0 Å². The first kappa shape index (κ1) is 15.9. The number of halogens is 2. The molecule has 4 rings (SSSR count). The highest BCUT2D eigenvalue weighted by atomic mass is 32.1. The van der Waals surface area contributed by atoms with Gasteiger partial charge in [-0.2, -0.15) is 4.37 Å². The van der Waals surface area contributed by atoms with Crippen molar-refractivity contribution in [1.82, 2.24) is 14.3 Å². The smallest absolute Gasteiger partial charge is 0.205 e. The lowest BCUT2D eigenvalue weighted by atomic mass is 10.1. The number of piperazine rings is 1. The van der Waals surface area contributed by atoms with Gasteiger partial charge in [-0.1, -0.05) is 6.07 Å². The molecule has 2 aromatic rings. The summed E-state index contributed by atoms with van der Waals surface area (Å²) >= 11 is 1.48. The zero-order valence-corrected chi connectivity index (χ0v) is 14.4. The van der Waals surface area contributed by atoms with E-state index < -0.39 is 11.6 Å². The summed E-state index contributed by atoms with van der Waals surface area (Å²) in [5, 5.41) is 0.997. The van der Waals surface area contributed by atoms with Crippen molar-refractivity contribution < 1.29 is 8.78 Å². The molecule has 0 N–H and O–H groups in total. The Hall–Kier alpha value is -1.60. The summed E-state index contributed by atoms with van der Waals surface area (Å²) in [5.41, 5.74) is 0.545. The van der Waals surface area contributed by atoms with Crippen LogP contribution in [0.25, 0.3) is 0 Å². The Morgan fingerprint density at radius 2 is 2.08 bits per heavy atom. The molecule has 2 fully saturated rings. The Kier molecular flexibility index (Phi) is 4.22. The number of hydrogen-bond acceptors (Lipinski definition) is 5. The minimum atomic E-state index is -0.531. The van der Waals surface area contributed by atoms with Crippen molar-refractivity contribution in [2.75, 3.05) is 24.5 Å². The average Bonchev–Trinajstić information content (AvgIpc) is 3.29. The summed E-state index contributed by atoms with van der Waals surface area (Å²) in [6, 6.07) is 4.09. The zero-order valence-electron chi connectivity index (χ0n) is 13.6. The monoisotopic (exact) mass is 350 g/mol. The molecule has 128 valence electrons. The van der Waals surface area contributed by atoms with E-state index in [1.54, 1.807) is 0 Å². The van der Waals surface area contributed by atoms with Crippen LogP contribution in [0.2, 0.25) is 0 Å². The number of benzene rings is 1. The second-order valence-corrected chi connectivity index (χ2v) is 7.44. The van der Waals surface area contributed by atoms with E-state index in [2.05, 4.69) is 26.1 Å². The largest absolute Gasteiger partial charge is 0.344 e. The van der Waals surface area contributed by atoms with Gasteiger partial charge in [0.2, 0.25) is 5.13 Å². The van der Waals surface area contributed by atoms with Gasteiger partial charge in [-0.3, -0.25) is 4.90 Å². The molecule has 1 atom stereocenters. The maximum atomic E-state index is 13.9. The summed E-state index contributed by atoms with van der Waals surface area (Å²) in [4.78, 5) is 9.18. The van der Waals surface area contributed by atoms with Crippen LogP contribution in [-0.4, -0.2) is 39.9 Å². The Morgan fingerprint density at radius 1 is 1.25 bits per heavy atom. The summed E-state index contributed by atoms with van der Waals surface area (Å²) in [6.07, 6.45) is 2.42. The third kappa shape index (κ3) is 3.28. The molecule has 1 unspecified atom stereocenters. The maximum Gasteiger partial charge on any atom is 0.205 e. The molecule has 1 saturated heterocycles. The van der Waals surface area contributed by atoms with E-state index in [4.69, 9.17) is 0 Å². The van der Waals surface area contributed by atoms with Gasteiger partial charge in [0.1, 0.15) is 17.5 Å². The molecule has 4 nitrogen and oxygen atoms in total. The van der Waals surface area contributed by atoms with E-state index in [9.17, 15) is 8.78 Å². The number of rotatable bonds is 4. The van der Waals surface area contributed by atoms with Crippen LogP contribution in [0.3, 0.4) is 0 Å². The Labute approximate surface area is 144 Å². The molecule has 0 radical (unpaired) electrons. The van der Waals surface area contributed by atoms with Crippen molar-refractivity contribution in [2.45, 2.75) is 38.3 Å². The first-order valence-electron chi connectivity index (χ1n) is 8.36. The van der Waals surface area contributed by atoms with Gasteiger partial charge >= 0.3 is 0 Å². The topological polar surface area (TPSA) is 32.3 Å². The predicted molar refractivity (Wildman–Crippen MR) is 90.3 cm³/mol. The van der Waals surface area contributed by atoms with Crippen LogP contribution in [0.4, 0.5) is 13.9 Å². The lowest BCUT2D eigenvalue weighted by Crippen LogP contribution is -2.51. The predicted octanol–water partition coefficient (Wildman–Crippen LogP) is 3.40. The highest BCUT2D eigenvalue weighted by molar-refractivity contribution is 7.09. The van der Waals surface area contributed by atoms with Crippen molar-refractivity contribution >= 4 is 16.7 Å². The third-order valence-corrected chi connectivity index (χ3v) is 5.59. The van der Waals surface area contributed by atoms with Gasteiger partial charge in [0.15, 0.2) is 0 Å². The van der Waals surface area contributed by atoms with E-state index in [0.29, 0.717) is 18.0 Å². The lowest BCUT2D eigenvalue weighted by Gasteiger charge is -2.39. The van der Waals surface area contributed by atoms with Gasteiger partial charge in [-0.25, -0.2) is 13.8 Å². The molecule has 1 aliphatic heterocycles. The van der Waals surface area contributed by atoms with Gasteiger partial charge < -0.3 is 4.90 Å². The van der Waals surface area contributed by atoms with Crippen molar-refractivity contribution in [3.05, 3.63) is 41.2 Å². The van der Waals surface area contributed by atoms with E-state index in [1.165, 1.54) is 36.5 Å². The minimum absolute atomic E-state index is 0.275. The van der Waals surface area contributed by atoms with Crippen LogP contribution >= 0.6 is 11.5 Å². The maximum absolute atomic E-state index is 13.9. The fourth-order valence-corrected chi connectivity index (χ4v) is 3.92. The van der Waals surface area contributed by atoms with Gasteiger partial charge in [0.05, 0.1) is 0 Å². The number of aromatic nitrogens is 2. The molecular weight excluding hydrogens is 330 g/mol. The van der Waals surface area contributed by atoms with Crippen LogP contribution in [-0.2, 0) is 6.54 Å². The molecular formula is C17H20F2N4S. The number of anilines is 1. The van der Waals surface area contributed by atoms with Crippen LogP contribution in [0.15, 0.2) is 18.2 Å². The summed E-state index contributed by atoms with van der Waals surface area (Å²) in [6.45, 7) is 5.17. The van der Waals surface area contributed by atoms with Crippen LogP contribution in [0, 0.1) is 11.6 Å². The molecule has 7 heteroatoms. The Balaban J connectivity index is 1.40. The quantitative estimate of drug-likeness (QED) is 0.846. The molecule has 1 aromatic carbocycles. The van der Waals surface area contributed by atoms with E-state index in [-0.39, 0.29) is 6.04 Å². The molecule has 1 aliphatic carbocycles. The Bertz CT molecular complexity index is 731. The molecule has 0 amide bonds. The zero-order chi connectivity index (χ0) is 16.7. The first-order valence-corrected chi connectivity index (χ1v) is 9.14. The summed E-state index contributed by atoms with van der Waals surface area (Å²) in [7, 11) is 0. The van der Waals surface area contributed by atoms with Gasteiger partial charge in [0, 0.05) is 61.3 Å². The molecule has 1 saturated carbocycles. The van der Waals surface area contributed by atoms with Crippen LogP contribution < -0.4 is 4.90 Å². The molecule has 1 aromatic heterocycles. The molecule has 24 heavy (non-hydrogen) atoms. The lowest BCUT2D eigenvalue weighted by molar-refractivity contribution is 0.179. The Morgan fingerprint density at radius 3 is 2.79 bits per heavy atom. The van der Waals surface area contributed by atoms with Crippen LogP contribution in [0.5, 0.6) is 0 Å². The van der Waals surface area contributed by atoms with Gasteiger partial charge in [-0.05, 0) is 25.8 Å². The van der Waals surface area contributed by atoms with E-state index in [1.807, 2.05) is 0 Å². The summed E-state index contributed by atoms with van der Waals surface area (Å²) in [5.74, 6) is 0.577. The molecule has 0 bridgehead atoms. The van der Waals surface area contributed by atoms with Crippen molar-refractivity contribution in [3.63, 3.8) is 0 Å². The SMILES string of the molecule is CC1CN(c2nc(C3CC3)ns2)CCN1Cc1ccc(F)cc1F. The van der Waals surface area contributed by atoms with Gasteiger partial charge in [0.25, 0.3) is 0 Å². The number of hydrogen-bond donors (Lipinski definition) is 0. The standard InChI is InChI=1S/C17H20F2N4S/c1-11-9-23(17-20-16(21-24-17)12-2-3-12)7-6-22(11)10-13-4-5-14(18)8-15(13)19/h4-5,8,11-12H,2-3,6-7,9-10H2,1H3. The first-order chi connectivity index (χ1) is 11.6. The molecule has 2 aliphatic rings. The highest BCUT2D eigenvalue weighted by Gasteiger charge is 2.30. The molecule has 0 spiro atoms. The summed E-state index contributed by atoms with van der Waals surface area (Å²) < 4.78 is 31.4. The second kappa shape index (κ2) is 6.37. The van der Waals surface area contributed by atoms with Crippen molar-refractivity contribution in [2.24, 2.45) is 0 Å². The average molecular weight is 350 g/mol. The minimum Gasteiger partial charge on any atom is -0.344 e. The third-order valence-electron chi connectivity index (χ3n) is 4.80. The molecule has 2 heterocycles. The fourth-order valence-electron chi connectivity index (χ4n) is 3.13. The second-order valence-electron chi connectivity index (χ2n) is 6.71. The normalized spacial score (nSPS) is 22.1. The number of nitrogens with zero attached hydrogens (tertiary/aromatic N) is 4. The van der Waals surface area contributed by atoms with Crippen molar-refractivity contribution in [1.29, 1.82) is 0 Å². The van der Waals surface area contributed by atoms with Crippen molar-refractivity contribution in [3.8, 4) is 0 Å². The van der Waals surface area contributed by atoms with E-state index >= 15 is 0 Å².